The molecule has 1 N–H and O–H groups in total. The minimum atomic E-state index is -5.01. The van der Waals surface area contributed by atoms with Crippen molar-refractivity contribution < 1.29 is 27.5 Å². The second kappa shape index (κ2) is 8.22. The van der Waals surface area contributed by atoms with E-state index in [2.05, 4.69) is 11.5 Å². The number of hydrogen-bond donors (Lipinski definition) is 1. The Morgan fingerprint density at radius 1 is 1.27 bits per heavy atom. The molecule has 6 nitrogen and oxygen atoms in total. The molecule has 2 rings (SSSR count). The van der Waals surface area contributed by atoms with E-state index in [1.807, 2.05) is 11.9 Å². The van der Waals surface area contributed by atoms with Gasteiger partial charge < -0.3 is 19.9 Å². The van der Waals surface area contributed by atoms with E-state index >= 15 is 0 Å². The van der Waals surface area contributed by atoms with Gasteiger partial charge in [0.2, 0.25) is 0 Å². The van der Waals surface area contributed by atoms with Gasteiger partial charge in [0.15, 0.2) is 0 Å². The van der Waals surface area contributed by atoms with E-state index in [0.717, 1.165) is 13.1 Å². The van der Waals surface area contributed by atoms with Crippen LogP contribution in [0.1, 0.15) is 10.4 Å². The number of benzene rings is 1. The zero-order valence-corrected chi connectivity index (χ0v) is 14.3. The van der Waals surface area contributed by atoms with Gasteiger partial charge in [-0.3, -0.25) is 4.79 Å². The van der Waals surface area contributed by atoms with Crippen molar-refractivity contribution in [3.05, 3.63) is 36.4 Å². The summed E-state index contributed by atoms with van der Waals surface area (Å²) < 4.78 is 42.3. The van der Waals surface area contributed by atoms with E-state index in [1.54, 1.807) is 5.32 Å². The Labute approximate surface area is 149 Å². The van der Waals surface area contributed by atoms with Gasteiger partial charge >= 0.3 is 18.1 Å². The fraction of sp³-hybridized carbons (Fsp3) is 0.412. The van der Waals surface area contributed by atoms with E-state index in [4.69, 9.17) is 4.74 Å². The summed E-state index contributed by atoms with van der Waals surface area (Å²) in [7, 11) is 1.98. The predicted molar refractivity (Wildman–Crippen MR) is 91.3 cm³/mol. The summed E-state index contributed by atoms with van der Waals surface area (Å²) in [6.07, 6.45) is -3.62. The maximum Gasteiger partial charge on any atom is 0.471 e. The van der Waals surface area contributed by atoms with Gasteiger partial charge in [-0.25, -0.2) is 4.79 Å². The first kappa shape index (κ1) is 19.8. The van der Waals surface area contributed by atoms with Crippen molar-refractivity contribution in [2.75, 3.05) is 50.1 Å². The molecule has 0 bridgehead atoms. The first-order valence-corrected chi connectivity index (χ1v) is 7.96. The number of amides is 1. The van der Waals surface area contributed by atoms with Crippen molar-refractivity contribution in [3.63, 3.8) is 0 Å². The molecule has 1 fully saturated rings. The Balaban J connectivity index is 2.30. The third-order valence-electron chi connectivity index (χ3n) is 3.91. The molecule has 0 unspecified atom stereocenters. The van der Waals surface area contributed by atoms with Gasteiger partial charge in [0.25, 0.3) is 0 Å². The number of piperazine rings is 1. The fourth-order valence-corrected chi connectivity index (χ4v) is 2.51. The number of ether oxygens (including phenoxy) is 1. The number of likely N-dealkylation sites (N-methyl/N-ethyl adjacent to an activating group) is 1. The number of nitrogens with one attached hydrogen (secondary N) is 1. The lowest BCUT2D eigenvalue weighted by Gasteiger charge is -2.35. The molecule has 1 aliphatic heterocycles. The van der Waals surface area contributed by atoms with Gasteiger partial charge in [-0.05, 0) is 25.2 Å². The highest BCUT2D eigenvalue weighted by Gasteiger charge is 2.38. The Kier molecular flexibility index (Phi) is 6.25. The minimum Gasteiger partial charge on any atom is -0.458 e. The van der Waals surface area contributed by atoms with Crippen molar-refractivity contribution in [3.8, 4) is 0 Å². The molecule has 9 heteroatoms. The van der Waals surface area contributed by atoms with Crippen molar-refractivity contribution in [1.82, 2.24) is 4.90 Å². The summed E-state index contributed by atoms with van der Waals surface area (Å²) >= 11 is 0. The molecule has 0 atom stereocenters. The summed E-state index contributed by atoms with van der Waals surface area (Å²) in [5.74, 6) is -2.79. The molecule has 142 valence electrons. The van der Waals surface area contributed by atoms with Crippen LogP contribution < -0.4 is 10.2 Å². The van der Waals surface area contributed by atoms with Crippen LogP contribution in [0, 0.1) is 0 Å². The topological polar surface area (TPSA) is 61.9 Å². The molecule has 1 heterocycles. The third kappa shape index (κ3) is 4.98. The number of halogens is 3. The van der Waals surface area contributed by atoms with E-state index in [1.165, 1.54) is 24.3 Å². The summed E-state index contributed by atoms with van der Waals surface area (Å²) in [5, 5.41) is 1.75. The summed E-state index contributed by atoms with van der Waals surface area (Å²) in [6.45, 7) is 6.32. The maximum absolute atomic E-state index is 12.4. The molecule has 26 heavy (non-hydrogen) atoms. The molecule has 0 aliphatic carbocycles. The van der Waals surface area contributed by atoms with Crippen molar-refractivity contribution in [2.45, 2.75) is 6.18 Å². The minimum absolute atomic E-state index is 0.0276. The number of carbonyl (C=O) groups is 2. The highest BCUT2D eigenvalue weighted by molar-refractivity contribution is 6.00. The Morgan fingerprint density at radius 2 is 1.92 bits per heavy atom. The highest BCUT2D eigenvalue weighted by atomic mass is 19.4. The molecule has 0 aromatic heterocycles. The van der Waals surface area contributed by atoms with Crippen molar-refractivity contribution in [2.24, 2.45) is 0 Å². The van der Waals surface area contributed by atoms with Crippen LogP contribution in [0.3, 0.4) is 0 Å². The number of alkyl halides is 3. The Hall–Kier alpha value is -2.55. The van der Waals surface area contributed by atoms with Crippen LogP contribution in [0.5, 0.6) is 0 Å². The third-order valence-corrected chi connectivity index (χ3v) is 3.91. The maximum atomic E-state index is 12.4. The van der Waals surface area contributed by atoms with Crippen LogP contribution >= 0.6 is 0 Å². The summed E-state index contributed by atoms with van der Waals surface area (Å²) in [6, 6.07) is 4.05. The zero-order valence-electron chi connectivity index (χ0n) is 14.3. The quantitative estimate of drug-likeness (QED) is 0.636. The van der Waals surface area contributed by atoms with Crippen LogP contribution in [0.4, 0.5) is 24.5 Å². The number of anilines is 2. The summed E-state index contributed by atoms with van der Waals surface area (Å²) in [4.78, 5) is 27.5. The van der Waals surface area contributed by atoms with Crippen LogP contribution in [0.25, 0.3) is 0 Å². The monoisotopic (exact) mass is 371 g/mol. The van der Waals surface area contributed by atoms with Crippen LogP contribution in [-0.4, -0.2) is 62.8 Å². The van der Waals surface area contributed by atoms with Crippen molar-refractivity contribution in [1.29, 1.82) is 0 Å². The average molecular weight is 371 g/mol. The molecule has 1 aromatic carbocycles. The number of esters is 1. The van der Waals surface area contributed by atoms with Gasteiger partial charge in [0.1, 0.15) is 6.61 Å². The van der Waals surface area contributed by atoms with Gasteiger partial charge in [-0.2, -0.15) is 13.2 Å². The number of rotatable bonds is 5. The molecule has 1 saturated heterocycles. The fourth-order valence-electron chi connectivity index (χ4n) is 2.51. The van der Waals surface area contributed by atoms with Crippen LogP contribution in [-0.2, 0) is 9.53 Å². The van der Waals surface area contributed by atoms with Crippen LogP contribution in [0.15, 0.2) is 30.9 Å². The summed E-state index contributed by atoms with van der Waals surface area (Å²) in [5.41, 5.74) is 0.518. The Bertz CT molecular complexity index is 684. The SMILES string of the molecule is C=CCOC(=O)c1cc(NC(=O)C(F)(F)F)ccc1N1CCN(C)CC1. The number of carbonyl (C=O) groups excluding carboxylic acids is 2. The largest absolute Gasteiger partial charge is 0.471 e. The molecule has 0 spiro atoms. The first-order valence-electron chi connectivity index (χ1n) is 7.96. The standard InChI is InChI=1S/C17H20F3N3O3/c1-3-10-26-15(24)13-11-12(21-16(25)17(18,19)20)4-5-14(13)23-8-6-22(2)7-9-23/h3-5,11H,1,6-10H2,2H3,(H,21,25). The molecule has 1 aliphatic rings. The lowest BCUT2D eigenvalue weighted by Crippen LogP contribution is -2.45. The first-order chi connectivity index (χ1) is 12.2. The predicted octanol–water partition coefficient (Wildman–Crippen LogP) is 2.28. The molecular weight excluding hydrogens is 351 g/mol. The average Bonchev–Trinajstić information content (AvgIpc) is 2.59. The number of nitrogens with zero attached hydrogens (tertiary/aromatic N) is 2. The van der Waals surface area contributed by atoms with Crippen LogP contribution in [0.2, 0.25) is 0 Å². The van der Waals surface area contributed by atoms with E-state index in [0.29, 0.717) is 18.8 Å². The van der Waals surface area contributed by atoms with E-state index in [-0.39, 0.29) is 17.9 Å². The molecule has 0 saturated carbocycles. The smallest absolute Gasteiger partial charge is 0.458 e. The normalized spacial score (nSPS) is 15.5. The van der Waals surface area contributed by atoms with Gasteiger partial charge in [-0.15, -0.1) is 0 Å². The van der Waals surface area contributed by atoms with E-state index in [9.17, 15) is 22.8 Å². The van der Waals surface area contributed by atoms with Gasteiger partial charge in [-0.1, -0.05) is 12.7 Å². The Morgan fingerprint density at radius 3 is 2.50 bits per heavy atom. The van der Waals surface area contributed by atoms with Gasteiger partial charge in [0.05, 0.1) is 11.3 Å². The molecular formula is C17H20F3N3O3. The van der Waals surface area contributed by atoms with E-state index < -0.39 is 18.1 Å². The molecule has 1 amide bonds. The highest BCUT2D eigenvalue weighted by Crippen LogP contribution is 2.27. The second-order valence-electron chi connectivity index (χ2n) is 5.86. The number of hydrogen-bond acceptors (Lipinski definition) is 5. The lowest BCUT2D eigenvalue weighted by molar-refractivity contribution is -0.167. The molecule has 0 radical (unpaired) electrons. The molecule has 1 aromatic rings. The zero-order chi connectivity index (χ0) is 19.3. The van der Waals surface area contributed by atoms with Gasteiger partial charge in [0, 0.05) is 31.9 Å². The van der Waals surface area contributed by atoms with Crippen molar-refractivity contribution >= 4 is 23.3 Å². The lowest BCUT2D eigenvalue weighted by atomic mass is 10.1. The second-order valence-corrected chi connectivity index (χ2v) is 5.86.